The van der Waals surface area contributed by atoms with E-state index in [9.17, 15) is 4.79 Å². The first-order chi connectivity index (χ1) is 12.1. The second-order valence-corrected chi connectivity index (χ2v) is 6.27. The molecule has 128 valence electrons. The van der Waals surface area contributed by atoms with Crippen molar-refractivity contribution in [3.63, 3.8) is 0 Å². The lowest BCUT2D eigenvalue weighted by atomic mass is 10.2. The van der Waals surface area contributed by atoms with Crippen LogP contribution in [0.3, 0.4) is 0 Å². The molecule has 1 amide bonds. The summed E-state index contributed by atoms with van der Waals surface area (Å²) in [6.07, 6.45) is 4.44. The highest BCUT2D eigenvalue weighted by atomic mass is 35.5. The van der Waals surface area contributed by atoms with Crippen molar-refractivity contribution < 1.29 is 4.79 Å². The predicted octanol–water partition coefficient (Wildman–Crippen LogP) is 3.68. The monoisotopic (exact) mass is 354 g/mol. The zero-order chi connectivity index (χ0) is 17.6. The van der Waals surface area contributed by atoms with Crippen LogP contribution in [0, 0.1) is 6.92 Å². The topological polar surface area (TPSA) is 70.7 Å². The molecule has 0 radical (unpaired) electrons. The van der Waals surface area contributed by atoms with Gasteiger partial charge in [0.1, 0.15) is 0 Å². The fourth-order valence-corrected chi connectivity index (χ4v) is 2.55. The summed E-state index contributed by atoms with van der Waals surface area (Å²) in [7, 11) is 0. The maximum atomic E-state index is 12.0. The summed E-state index contributed by atoms with van der Waals surface area (Å²) in [6.45, 7) is 2.27. The molecule has 3 rings (SSSR count). The molecule has 25 heavy (non-hydrogen) atoms. The molecule has 0 saturated carbocycles. The van der Waals surface area contributed by atoms with E-state index in [0.717, 1.165) is 28.3 Å². The number of H-pyrrole nitrogens is 1. The molecule has 5 nitrogen and oxygen atoms in total. The van der Waals surface area contributed by atoms with Gasteiger partial charge >= 0.3 is 0 Å². The Hall–Kier alpha value is -2.66. The Balaban J connectivity index is 1.49. The van der Waals surface area contributed by atoms with Gasteiger partial charge in [0, 0.05) is 29.0 Å². The summed E-state index contributed by atoms with van der Waals surface area (Å²) in [5.74, 6) is -0.00924. The van der Waals surface area contributed by atoms with E-state index >= 15 is 0 Å². The van der Waals surface area contributed by atoms with Crippen LogP contribution in [-0.2, 0) is 17.8 Å². The SMILES string of the molecule is Cc1cnc(CNC(=O)CCc2ccc(-c3ccc(Cl)cc3)[nH]2)cn1. The number of carbonyl (C=O) groups excluding carboxylic acids is 1. The third kappa shape index (κ3) is 4.90. The second-order valence-electron chi connectivity index (χ2n) is 5.83. The zero-order valence-corrected chi connectivity index (χ0v) is 14.7. The fourth-order valence-electron chi connectivity index (χ4n) is 2.42. The molecule has 0 bridgehead atoms. The summed E-state index contributed by atoms with van der Waals surface area (Å²) >= 11 is 5.91. The van der Waals surface area contributed by atoms with Gasteiger partial charge in [0.2, 0.25) is 5.91 Å². The van der Waals surface area contributed by atoms with E-state index in [2.05, 4.69) is 20.3 Å². The molecule has 0 aliphatic carbocycles. The van der Waals surface area contributed by atoms with Crippen LogP contribution in [0.15, 0.2) is 48.8 Å². The lowest BCUT2D eigenvalue weighted by Crippen LogP contribution is -2.23. The molecule has 0 saturated heterocycles. The first-order valence-electron chi connectivity index (χ1n) is 8.08. The van der Waals surface area contributed by atoms with E-state index < -0.39 is 0 Å². The Morgan fingerprint density at radius 1 is 1.12 bits per heavy atom. The van der Waals surface area contributed by atoms with Gasteiger partial charge in [0.25, 0.3) is 0 Å². The normalized spacial score (nSPS) is 10.6. The van der Waals surface area contributed by atoms with Crippen LogP contribution in [0.2, 0.25) is 5.02 Å². The number of carbonyl (C=O) groups is 1. The molecule has 2 N–H and O–H groups in total. The van der Waals surface area contributed by atoms with Gasteiger partial charge in [-0.2, -0.15) is 0 Å². The van der Waals surface area contributed by atoms with Crippen LogP contribution >= 0.6 is 11.6 Å². The number of rotatable bonds is 6. The number of aromatic amines is 1. The lowest BCUT2D eigenvalue weighted by Gasteiger charge is -2.04. The number of halogens is 1. The molecular weight excluding hydrogens is 336 g/mol. The first-order valence-corrected chi connectivity index (χ1v) is 8.46. The molecule has 0 fully saturated rings. The van der Waals surface area contributed by atoms with Crippen molar-refractivity contribution >= 4 is 17.5 Å². The van der Waals surface area contributed by atoms with E-state index in [0.29, 0.717) is 24.4 Å². The second kappa shape index (κ2) is 7.94. The minimum atomic E-state index is -0.00924. The highest BCUT2D eigenvalue weighted by molar-refractivity contribution is 6.30. The standard InChI is InChI=1S/C19H19ClN4O/c1-13-10-22-17(11-21-13)12-23-19(25)9-7-16-6-8-18(24-16)14-2-4-15(20)5-3-14/h2-6,8,10-11,24H,7,9,12H2,1H3,(H,23,25). The van der Waals surface area contributed by atoms with Gasteiger partial charge < -0.3 is 10.3 Å². The van der Waals surface area contributed by atoms with Gasteiger partial charge in [0.05, 0.1) is 24.1 Å². The number of benzene rings is 1. The molecule has 0 spiro atoms. The molecule has 6 heteroatoms. The number of nitrogens with zero attached hydrogens (tertiary/aromatic N) is 2. The number of hydrogen-bond acceptors (Lipinski definition) is 3. The van der Waals surface area contributed by atoms with E-state index in [1.54, 1.807) is 12.4 Å². The summed E-state index contributed by atoms with van der Waals surface area (Å²) in [6, 6.07) is 11.7. The van der Waals surface area contributed by atoms with Crippen LogP contribution in [0.4, 0.5) is 0 Å². The first kappa shape index (κ1) is 17.2. The molecule has 1 aromatic carbocycles. The van der Waals surface area contributed by atoms with E-state index in [-0.39, 0.29) is 5.91 Å². The van der Waals surface area contributed by atoms with Gasteiger partial charge in [-0.3, -0.25) is 14.8 Å². The van der Waals surface area contributed by atoms with Crippen LogP contribution in [0.25, 0.3) is 11.3 Å². The van der Waals surface area contributed by atoms with E-state index in [4.69, 9.17) is 11.6 Å². The summed E-state index contributed by atoms with van der Waals surface area (Å²) < 4.78 is 0. The Morgan fingerprint density at radius 3 is 2.64 bits per heavy atom. The van der Waals surface area contributed by atoms with Crippen molar-refractivity contribution in [3.8, 4) is 11.3 Å². The van der Waals surface area contributed by atoms with Gasteiger partial charge in [-0.25, -0.2) is 0 Å². The number of aryl methyl sites for hydroxylation is 2. The predicted molar refractivity (Wildman–Crippen MR) is 98.2 cm³/mol. The van der Waals surface area contributed by atoms with Crippen molar-refractivity contribution in [1.82, 2.24) is 20.3 Å². The summed E-state index contributed by atoms with van der Waals surface area (Å²) in [4.78, 5) is 23.7. The van der Waals surface area contributed by atoms with Crippen LogP contribution in [0.5, 0.6) is 0 Å². The minimum Gasteiger partial charge on any atom is -0.358 e. The van der Waals surface area contributed by atoms with Crippen molar-refractivity contribution in [2.75, 3.05) is 0 Å². The van der Waals surface area contributed by atoms with Crippen molar-refractivity contribution in [1.29, 1.82) is 0 Å². The fraction of sp³-hybridized carbons (Fsp3) is 0.211. The molecular formula is C19H19ClN4O. The molecule has 0 aliphatic rings. The van der Waals surface area contributed by atoms with Crippen molar-refractivity contribution in [2.24, 2.45) is 0 Å². The molecule has 2 heterocycles. The van der Waals surface area contributed by atoms with Gasteiger partial charge in [-0.15, -0.1) is 0 Å². The molecule has 3 aromatic rings. The summed E-state index contributed by atoms with van der Waals surface area (Å²) in [5.41, 5.74) is 4.72. The molecule has 2 aromatic heterocycles. The maximum Gasteiger partial charge on any atom is 0.220 e. The third-order valence-corrected chi connectivity index (χ3v) is 4.08. The Morgan fingerprint density at radius 2 is 1.92 bits per heavy atom. The largest absolute Gasteiger partial charge is 0.358 e. The third-order valence-electron chi connectivity index (χ3n) is 3.82. The van der Waals surface area contributed by atoms with Gasteiger partial charge in [-0.05, 0) is 43.2 Å². The quantitative estimate of drug-likeness (QED) is 0.709. The molecule has 0 aliphatic heterocycles. The average Bonchev–Trinajstić information content (AvgIpc) is 3.09. The number of aromatic nitrogens is 3. The van der Waals surface area contributed by atoms with Gasteiger partial charge in [-0.1, -0.05) is 23.7 Å². The van der Waals surface area contributed by atoms with Crippen molar-refractivity contribution in [2.45, 2.75) is 26.3 Å². The lowest BCUT2D eigenvalue weighted by molar-refractivity contribution is -0.121. The van der Waals surface area contributed by atoms with Crippen LogP contribution in [-0.4, -0.2) is 20.9 Å². The highest BCUT2D eigenvalue weighted by Crippen LogP contribution is 2.21. The highest BCUT2D eigenvalue weighted by Gasteiger charge is 2.06. The Bertz CT molecular complexity index is 841. The maximum absolute atomic E-state index is 12.0. The van der Waals surface area contributed by atoms with Crippen molar-refractivity contribution in [3.05, 3.63) is 70.9 Å². The Labute approximate surface area is 151 Å². The van der Waals surface area contributed by atoms with Crippen LogP contribution in [0.1, 0.15) is 23.5 Å². The average molecular weight is 355 g/mol. The number of nitrogens with one attached hydrogen (secondary N) is 2. The van der Waals surface area contributed by atoms with E-state index in [1.807, 2.05) is 43.3 Å². The van der Waals surface area contributed by atoms with Gasteiger partial charge in [0.15, 0.2) is 0 Å². The minimum absolute atomic E-state index is 0.00924. The Kier molecular flexibility index (Phi) is 5.46. The number of hydrogen-bond donors (Lipinski definition) is 2. The number of amides is 1. The van der Waals surface area contributed by atoms with Crippen LogP contribution < -0.4 is 5.32 Å². The molecule has 0 atom stereocenters. The summed E-state index contributed by atoms with van der Waals surface area (Å²) in [5, 5.41) is 3.58. The smallest absolute Gasteiger partial charge is 0.220 e. The van der Waals surface area contributed by atoms with E-state index in [1.165, 1.54) is 0 Å². The molecule has 0 unspecified atom stereocenters. The zero-order valence-electron chi connectivity index (χ0n) is 13.9.